The quantitative estimate of drug-likeness (QED) is 0.781. The monoisotopic (exact) mass is 312 g/mol. The van der Waals surface area contributed by atoms with Gasteiger partial charge in [-0.05, 0) is 54.6 Å². The molecule has 2 aliphatic carbocycles. The van der Waals surface area contributed by atoms with Gasteiger partial charge in [0.25, 0.3) is 0 Å². The fourth-order valence-electron chi connectivity index (χ4n) is 4.30. The Labute approximate surface area is 139 Å². The fraction of sp³-hybridized carbons (Fsp3) is 0.571. The summed E-state index contributed by atoms with van der Waals surface area (Å²) in [6, 6.07) is 10.3. The van der Waals surface area contributed by atoms with E-state index in [9.17, 15) is 4.79 Å². The van der Waals surface area contributed by atoms with Crippen LogP contribution in [0.2, 0.25) is 0 Å². The van der Waals surface area contributed by atoms with Crippen molar-refractivity contribution < 1.29 is 9.53 Å². The van der Waals surface area contributed by atoms with Crippen LogP contribution in [0.3, 0.4) is 0 Å². The molecule has 1 aromatic rings. The first-order valence-electron chi connectivity index (χ1n) is 9.01. The Balaban J connectivity index is 1.60. The fourth-order valence-corrected chi connectivity index (χ4v) is 4.30. The van der Waals surface area contributed by atoms with Crippen LogP contribution >= 0.6 is 0 Å². The first-order valence-corrected chi connectivity index (χ1v) is 9.01. The van der Waals surface area contributed by atoms with Crippen molar-refractivity contribution in [2.24, 2.45) is 23.7 Å². The molecule has 0 heterocycles. The van der Waals surface area contributed by atoms with Gasteiger partial charge in [-0.3, -0.25) is 4.79 Å². The van der Waals surface area contributed by atoms with Crippen molar-refractivity contribution in [3.63, 3.8) is 0 Å². The molecule has 124 valence electrons. The van der Waals surface area contributed by atoms with Crippen LogP contribution in [0.25, 0.3) is 0 Å². The SMILES string of the molecule is CC(COCc1ccccc1)[C@@H]1CC[C@@H](C)[C@@H]2CCC(=O)C=C12. The summed E-state index contributed by atoms with van der Waals surface area (Å²) >= 11 is 0. The molecule has 23 heavy (non-hydrogen) atoms. The minimum absolute atomic E-state index is 0.327. The molecule has 1 unspecified atom stereocenters. The zero-order valence-electron chi connectivity index (χ0n) is 14.3. The van der Waals surface area contributed by atoms with Crippen molar-refractivity contribution in [2.75, 3.05) is 6.61 Å². The Bertz CT molecular complexity index is 560. The van der Waals surface area contributed by atoms with Gasteiger partial charge in [0.15, 0.2) is 5.78 Å². The van der Waals surface area contributed by atoms with Crippen molar-refractivity contribution in [1.82, 2.24) is 0 Å². The maximum absolute atomic E-state index is 11.9. The third-order valence-corrected chi connectivity index (χ3v) is 5.68. The van der Waals surface area contributed by atoms with E-state index in [1.54, 1.807) is 0 Å². The predicted octanol–water partition coefficient (Wildman–Crippen LogP) is 4.79. The Morgan fingerprint density at radius 1 is 1.17 bits per heavy atom. The number of carbonyl (C=O) groups is 1. The number of hydrogen-bond acceptors (Lipinski definition) is 2. The molecular weight excluding hydrogens is 284 g/mol. The van der Waals surface area contributed by atoms with Crippen LogP contribution in [-0.4, -0.2) is 12.4 Å². The summed E-state index contributed by atoms with van der Waals surface area (Å²) in [6.45, 7) is 6.08. The highest BCUT2D eigenvalue weighted by Crippen LogP contribution is 2.45. The Morgan fingerprint density at radius 2 is 1.96 bits per heavy atom. The highest BCUT2D eigenvalue weighted by atomic mass is 16.5. The van der Waals surface area contributed by atoms with Crippen LogP contribution < -0.4 is 0 Å². The molecule has 1 saturated carbocycles. The lowest BCUT2D eigenvalue weighted by Crippen LogP contribution is -2.34. The van der Waals surface area contributed by atoms with E-state index in [1.165, 1.54) is 24.0 Å². The lowest BCUT2D eigenvalue weighted by atomic mass is 9.64. The Morgan fingerprint density at radius 3 is 2.74 bits per heavy atom. The number of carbonyl (C=O) groups excluding carboxylic acids is 1. The first-order chi connectivity index (χ1) is 11.1. The summed E-state index contributed by atoms with van der Waals surface area (Å²) in [6.07, 6.45) is 6.25. The highest BCUT2D eigenvalue weighted by Gasteiger charge is 2.37. The van der Waals surface area contributed by atoms with Crippen LogP contribution in [0, 0.1) is 23.7 Å². The molecule has 0 N–H and O–H groups in total. The molecule has 0 radical (unpaired) electrons. The third kappa shape index (κ3) is 3.92. The molecule has 0 saturated heterocycles. The van der Waals surface area contributed by atoms with E-state index in [0.717, 1.165) is 25.4 Å². The van der Waals surface area contributed by atoms with E-state index in [-0.39, 0.29) is 0 Å². The molecule has 0 amide bonds. The molecule has 2 heteroatoms. The lowest BCUT2D eigenvalue weighted by molar-refractivity contribution is -0.115. The highest BCUT2D eigenvalue weighted by molar-refractivity contribution is 5.91. The van der Waals surface area contributed by atoms with Crippen LogP contribution in [0.5, 0.6) is 0 Å². The van der Waals surface area contributed by atoms with Crippen molar-refractivity contribution in [2.45, 2.75) is 46.1 Å². The number of ether oxygens (including phenoxy) is 1. The largest absolute Gasteiger partial charge is 0.376 e. The van der Waals surface area contributed by atoms with Gasteiger partial charge < -0.3 is 4.74 Å². The maximum Gasteiger partial charge on any atom is 0.155 e. The minimum Gasteiger partial charge on any atom is -0.376 e. The molecule has 0 aliphatic heterocycles. The third-order valence-electron chi connectivity index (χ3n) is 5.68. The number of ketones is 1. The molecule has 1 aromatic carbocycles. The molecule has 0 spiro atoms. The molecule has 2 aliphatic rings. The zero-order valence-corrected chi connectivity index (χ0v) is 14.3. The van der Waals surface area contributed by atoms with Crippen molar-refractivity contribution in [3.8, 4) is 0 Å². The average molecular weight is 312 g/mol. The van der Waals surface area contributed by atoms with E-state index in [4.69, 9.17) is 4.74 Å². The Hall–Kier alpha value is -1.41. The van der Waals surface area contributed by atoms with Gasteiger partial charge in [0.05, 0.1) is 13.2 Å². The van der Waals surface area contributed by atoms with E-state index >= 15 is 0 Å². The summed E-state index contributed by atoms with van der Waals surface area (Å²) in [5.41, 5.74) is 2.65. The molecule has 0 aromatic heterocycles. The smallest absolute Gasteiger partial charge is 0.155 e. The number of hydrogen-bond donors (Lipinski definition) is 0. The number of fused-ring (bicyclic) bond motifs is 1. The van der Waals surface area contributed by atoms with Crippen LogP contribution in [-0.2, 0) is 16.1 Å². The number of benzene rings is 1. The predicted molar refractivity (Wildman–Crippen MR) is 93.0 cm³/mol. The molecule has 3 rings (SSSR count). The van der Waals surface area contributed by atoms with Crippen LogP contribution in [0.15, 0.2) is 42.0 Å². The van der Waals surface area contributed by atoms with Crippen LogP contribution in [0.4, 0.5) is 0 Å². The lowest BCUT2D eigenvalue weighted by Gasteiger charge is -2.41. The van der Waals surface area contributed by atoms with Gasteiger partial charge >= 0.3 is 0 Å². The summed E-state index contributed by atoms with van der Waals surface area (Å²) in [5, 5.41) is 0. The molecule has 0 bridgehead atoms. The second-order valence-electron chi connectivity index (χ2n) is 7.39. The van der Waals surface area contributed by atoms with E-state index in [0.29, 0.717) is 30.1 Å². The second-order valence-corrected chi connectivity index (χ2v) is 7.39. The van der Waals surface area contributed by atoms with Gasteiger partial charge in [-0.15, -0.1) is 0 Å². The first kappa shape index (κ1) is 16.4. The molecule has 2 nitrogen and oxygen atoms in total. The summed E-state index contributed by atoms with van der Waals surface area (Å²) in [4.78, 5) is 11.9. The van der Waals surface area contributed by atoms with Gasteiger partial charge in [0, 0.05) is 6.42 Å². The summed E-state index contributed by atoms with van der Waals surface area (Å²) in [7, 11) is 0. The maximum atomic E-state index is 11.9. The normalized spacial score (nSPS) is 28.9. The minimum atomic E-state index is 0.327. The summed E-state index contributed by atoms with van der Waals surface area (Å²) in [5.74, 6) is 2.68. The number of rotatable bonds is 5. The van der Waals surface area contributed by atoms with Crippen molar-refractivity contribution >= 4 is 5.78 Å². The summed E-state index contributed by atoms with van der Waals surface area (Å²) < 4.78 is 5.96. The van der Waals surface area contributed by atoms with Gasteiger partial charge in [0.2, 0.25) is 0 Å². The molecule has 1 fully saturated rings. The standard InChI is InChI=1S/C21H28O2/c1-15-8-10-20(21-12-18(22)9-11-19(15)21)16(2)13-23-14-17-6-4-3-5-7-17/h3-7,12,15-16,19-20H,8-11,13-14H2,1-2H3/t15-,16?,19+,20+/m1/s1. The van der Waals surface area contributed by atoms with Crippen molar-refractivity contribution in [1.29, 1.82) is 0 Å². The topological polar surface area (TPSA) is 26.3 Å². The van der Waals surface area contributed by atoms with E-state index < -0.39 is 0 Å². The Kier molecular flexibility index (Phi) is 5.32. The second kappa shape index (κ2) is 7.44. The van der Waals surface area contributed by atoms with Gasteiger partial charge in [0.1, 0.15) is 0 Å². The van der Waals surface area contributed by atoms with E-state index in [1.807, 2.05) is 24.3 Å². The number of allylic oxidation sites excluding steroid dienone is 2. The van der Waals surface area contributed by atoms with E-state index in [2.05, 4.69) is 26.0 Å². The van der Waals surface area contributed by atoms with Crippen molar-refractivity contribution in [3.05, 3.63) is 47.5 Å². The average Bonchev–Trinajstić information content (AvgIpc) is 2.56. The molecular formula is C21H28O2. The zero-order chi connectivity index (χ0) is 16.2. The van der Waals surface area contributed by atoms with Gasteiger partial charge in [-0.25, -0.2) is 0 Å². The molecule has 4 atom stereocenters. The van der Waals surface area contributed by atoms with Gasteiger partial charge in [-0.1, -0.05) is 49.8 Å². The van der Waals surface area contributed by atoms with Crippen LogP contribution in [0.1, 0.15) is 45.1 Å². The van der Waals surface area contributed by atoms with Gasteiger partial charge in [-0.2, -0.15) is 0 Å².